The highest BCUT2D eigenvalue weighted by atomic mass is 127. The quantitative estimate of drug-likeness (QED) is 0.194. The van der Waals surface area contributed by atoms with Crippen molar-refractivity contribution in [2.45, 2.75) is 25.2 Å². The van der Waals surface area contributed by atoms with Crippen molar-refractivity contribution in [2.24, 2.45) is 12.0 Å². The van der Waals surface area contributed by atoms with Gasteiger partial charge in [-0.25, -0.2) is 0 Å². The van der Waals surface area contributed by atoms with Crippen molar-refractivity contribution in [3.8, 4) is 0 Å². The number of benzene rings is 2. The van der Waals surface area contributed by atoms with E-state index in [-0.39, 0.29) is 24.0 Å². The summed E-state index contributed by atoms with van der Waals surface area (Å²) in [5.74, 6) is 1.23. The molecule has 30 heavy (non-hydrogen) atoms. The molecule has 0 saturated heterocycles. The van der Waals surface area contributed by atoms with E-state index in [4.69, 9.17) is 0 Å². The Balaban J connectivity index is 0.00000320. The summed E-state index contributed by atoms with van der Waals surface area (Å²) in [6.45, 7) is 1.71. The minimum atomic E-state index is 0. The summed E-state index contributed by atoms with van der Waals surface area (Å²) in [4.78, 5) is 4.39. The van der Waals surface area contributed by atoms with Gasteiger partial charge in [-0.15, -0.1) is 24.0 Å². The maximum absolute atomic E-state index is 4.39. The molecule has 160 valence electrons. The highest BCUT2D eigenvalue weighted by molar-refractivity contribution is 14.0. The summed E-state index contributed by atoms with van der Waals surface area (Å²) < 4.78 is 1.85. The maximum Gasteiger partial charge on any atom is 0.190 e. The van der Waals surface area contributed by atoms with Gasteiger partial charge in [0.05, 0.1) is 6.20 Å². The third-order valence-electron chi connectivity index (χ3n) is 5.03. The second-order valence-electron chi connectivity index (χ2n) is 7.30. The first-order valence-corrected chi connectivity index (χ1v) is 10.3. The normalized spacial score (nSPS) is 12.1. The van der Waals surface area contributed by atoms with Crippen LogP contribution in [0.15, 0.2) is 78.0 Å². The van der Waals surface area contributed by atoms with Crippen molar-refractivity contribution < 1.29 is 0 Å². The van der Waals surface area contributed by atoms with E-state index >= 15 is 0 Å². The fraction of sp³-hybridized carbons (Fsp3) is 0.333. The first-order chi connectivity index (χ1) is 14.2. The van der Waals surface area contributed by atoms with Crippen molar-refractivity contribution in [3.63, 3.8) is 0 Å². The molecule has 3 aromatic rings. The fourth-order valence-electron chi connectivity index (χ4n) is 3.47. The zero-order valence-electron chi connectivity index (χ0n) is 17.8. The molecule has 5 nitrogen and oxygen atoms in total. The molecule has 0 bridgehead atoms. The zero-order valence-corrected chi connectivity index (χ0v) is 20.1. The van der Waals surface area contributed by atoms with Gasteiger partial charge in [0, 0.05) is 39.3 Å². The molecule has 0 aliphatic rings. The molecule has 0 radical (unpaired) electrons. The lowest BCUT2D eigenvalue weighted by molar-refractivity contribution is 0.641. The number of aliphatic imine (C=N–C) groups is 1. The molecule has 1 heterocycles. The van der Waals surface area contributed by atoms with E-state index in [0.29, 0.717) is 5.92 Å². The first kappa shape index (κ1) is 23.9. The number of nitrogens with one attached hydrogen (secondary N) is 2. The predicted octanol–water partition coefficient (Wildman–Crippen LogP) is 4.16. The van der Waals surface area contributed by atoms with E-state index < -0.39 is 0 Å². The van der Waals surface area contributed by atoms with Gasteiger partial charge in [0.2, 0.25) is 0 Å². The molecule has 2 N–H and O–H groups in total. The second kappa shape index (κ2) is 13.1. The number of nitrogens with zero attached hydrogens (tertiary/aromatic N) is 3. The summed E-state index contributed by atoms with van der Waals surface area (Å²) in [6.07, 6.45) is 7.05. The van der Waals surface area contributed by atoms with Crippen LogP contribution >= 0.6 is 24.0 Å². The summed E-state index contributed by atoms with van der Waals surface area (Å²) in [7, 11) is 3.78. The van der Waals surface area contributed by atoms with E-state index in [1.165, 1.54) is 16.7 Å². The Hall–Kier alpha value is -2.35. The van der Waals surface area contributed by atoms with E-state index in [1.807, 2.05) is 25.0 Å². The lowest BCUT2D eigenvalue weighted by atomic mass is 9.92. The molecule has 0 spiro atoms. The van der Waals surface area contributed by atoms with E-state index in [2.05, 4.69) is 87.6 Å². The first-order valence-electron chi connectivity index (χ1n) is 10.3. The Labute approximate surface area is 197 Å². The van der Waals surface area contributed by atoms with Crippen LogP contribution in [-0.2, 0) is 19.9 Å². The smallest absolute Gasteiger partial charge is 0.190 e. The Morgan fingerprint density at radius 2 is 1.70 bits per heavy atom. The number of aryl methyl sites for hydroxylation is 2. The van der Waals surface area contributed by atoms with Crippen molar-refractivity contribution in [1.29, 1.82) is 0 Å². The van der Waals surface area contributed by atoms with Gasteiger partial charge in [-0.05, 0) is 36.0 Å². The Morgan fingerprint density at radius 1 is 1.00 bits per heavy atom. The van der Waals surface area contributed by atoms with Crippen LogP contribution in [0.25, 0.3) is 0 Å². The molecule has 6 heteroatoms. The number of hydrogen-bond donors (Lipinski definition) is 2. The van der Waals surface area contributed by atoms with Crippen LogP contribution in [-0.4, -0.2) is 35.9 Å². The monoisotopic (exact) mass is 517 g/mol. The molecule has 0 saturated carbocycles. The summed E-state index contributed by atoms with van der Waals surface area (Å²) in [6, 6.07) is 21.4. The molecule has 1 atom stereocenters. The van der Waals surface area contributed by atoms with Crippen LogP contribution in [0.4, 0.5) is 0 Å². The van der Waals surface area contributed by atoms with Gasteiger partial charge in [0.1, 0.15) is 0 Å². The number of guanidine groups is 1. The largest absolute Gasteiger partial charge is 0.356 e. The molecule has 1 aromatic heterocycles. The highest BCUT2D eigenvalue weighted by Crippen LogP contribution is 2.20. The molecule has 0 aliphatic carbocycles. The number of rotatable bonds is 9. The Bertz CT molecular complexity index is 877. The van der Waals surface area contributed by atoms with Crippen LogP contribution in [0.2, 0.25) is 0 Å². The molecule has 2 aromatic carbocycles. The fourth-order valence-corrected chi connectivity index (χ4v) is 3.47. The third kappa shape index (κ3) is 7.82. The van der Waals surface area contributed by atoms with Gasteiger partial charge in [-0.1, -0.05) is 60.7 Å². The summed E-state index contributed by atoms with van der Waals surface area (Å²) >= 11 is 0. The average molecular weight is 517 g/mol. The minimum Gasteiger partial charge on any atom is -0.356 e. The summed E-state index contributed by atoms with van der Waals surface area (Å²) in [5, 5.41) is 11.2. The average Bonchev–Trinajstić information content (AvgIpc) is 3.18. The SMILES string of the molecule is CN=C(NCCCc1cnn(C)c1)NCC(Cc1ccccc1)c1ccccc1.I. The van der Waals surface area contributed by atoms with Crippen molar-refractivity contribution in [2.75, 3.05) is 20.1 Å². The lowest BCUT2D eigenvalue weighted by Gasteiger charge is -2.20. The molecular weight excluding hydrogens is 485 g/mol. The van der Waals surface area contributed by atoms with E-state index in [0.717, 1.165) is 38.3 Å². The Kier molecular flexibility index (Phi) is 10.4. The third-order valence-corrected chi connectivity index (χ3v) is 5.03. The lowest BCUT2D eigenvalue weighted by Crippen LogP contribution is -2.40. The topological polar surface area (TPSA) is 54.2 Å². The number of hydrogen-bond acceptors (Lipinski definition) is 2. The van der Waals surface area contributed by atoms with Crippen LogP contribution in [0, 0.1) is 0 Å². The van der Waals surface area contributed by atoms with E-state index in [1.54, 1.807) is 0 Å². The van der Waals surface area contributed by atoms with Gasteiger partial charge in [0.15, 0.2) is 5.96 Å². The second-order valence-corrected chi connectivity index (χ2v) is 7.30. The molecular formula is C24H32IN5. The standard InChI is InChI=1S/C24H31N5.HI/c1-25-24(26-15-9-12-21-17-28-29(2)19-21)27-18-23(22-13-7-4-8-14-22)16-20-10-5-3-6-11-20;/h3-8,10-11,13-14,17,19,23H,9,12,15-16,18H2,1-2H3,(H2,25,26,27);1H. The summed E-state index contributed by atoms with van der Waals surface area (Å²) in [5.41, 5.74) is 3.96. The van der Waals surface area contributed by atoms with Crippen molar-refractivity contribution in [3.05, 3.63) is 89.7 Å². The van der Waals surface area contributed by atoms with Gasteiger partial charge >= 0.3 is 0 Å². The van der Waals surface area contributed by atoms with Crippen molar-refractivity contribution >= 4 is 29.9 Å². The Morgan fingerprint density at radius 3 is 2.33 bits per heavy atom. The molecule has 0 fully saturated rings. The van der Waals surface area contributed by atoms with Crippen LogP contribution in [0.1, 0.15) is 29.0 Å². The molecule has 0 aliphatic heterocycles. The predicted molar refractivity (Wildman–Crippen MR) is 136 cm³/mol. The van der Waals surface area contributed by atoms with Gasteiger partial charge in [-0.3, -0.25) is 9.67 Å². The number of halogens is 1. The molecule has 0 amide bonds. The molecule has 3 rings (SSSR count). The van der Waals surface area contributed by atoms with E-state index in [9.17, 15) is 0 Å². The van der Waals surface area contributed by atoms with Crippen LogP contribution in [0.5, 0.6) is 0 Å². The maximum atomic E-state index is 4.39. The van der Waals surface area contributed by atoms with Crippen LogP contribution < -0.4 is 10.6 Å². The van der Waals surface area contributed by atoms with Gasteiger partial charge < -0.3 is 10.6 Å². The minimum absolute atomic E-state index is 0. The van der Waals surface area contributed by atoms with Gasteiger partial charge in [-0.2, -0.15) is 5.10 Å². The zero-order chi connectivity index (χ0) is 20.3. The number of aromatic nitrogens is 2. The highest BCUT2D eigenvalue weighted by Gasteiger charge is 2.13. The van der Waals surface area contributed by atoms with Crippen molar-refractivity contribution in [1.82, 2.24) is 20.4 Å². The van der Waals surface area contributed by atoms with Gasteiger partial charge in [0.25, 0.3) is 0 Å². The molecule has 1 unspecified atom stereocenters. The van der Waals surface area contributed by atoms with Crippen LogP contribution in [0.3, 0.4) is 0 Å².